The Balaban J connectivity index is 2.22. The molecule has 0 fully saturated rings. The van der Waals surface area contributed by atoms with Crippen molar-refractivity contribution in [3.63, 3.8) is 0 Å². The minimum absolute atomic E-state index is 0.337. The number of pyridine rings is 1. The van der Waals surface area contributed by atoms with Crippen molar-refractivity contribution in [1.29, 1.82) is 0 Å². The van der Waals surface area contributed by atoms with Crippen LogP contribution >= 0.6 is 0 Å². The number of aromatic carboxylic acids is 1. The Hall–Kier alpha value is -2.68. The topological polar surface area (TPSA) is 50.2 Å². The van der Waals surface area contributed by atoms with Crippen molar-refractivity contribution in [2.45, 2.75) is 13.8 Å². The second-order valence-corrected chi connectivity index (χ2v) is 5.20. The smallest absolute Gasteiger partial charge is 0.335 e. The van der Waals surface area contributed by atoms with Crippen molar-refractivity contribution in [2.24, 2.45) is 0 Å². The normalized spacial score (nSPS) is 10.8. The van der Waals surface area contributed by atoms with Gasteiger partial charge in [0.15, 0.2) is 0 Å². The fraction of sp³-hybridized carbons (Fsp3) is 0.111. The first-order valence-electron chi connectivity index (χ1n) is 6.76. The highest BCUT2D eigenvalue weighted by atomic mass is 16.4. The number of fused-ring (bicyclic) bond motifs is 1. The van der Waals surface area contributed by atoms with Gasteiger partial charge in [0.1, 0.15) is 0 Å². The summed E-state index contributed by atoms with van der Waals surface area (Å²) in [5.41, 5.74) is 4.95. The van der Waals surface area contributed by atoms with Crippen LogP contribution in [0.4, 0.5) is 0 Å². The molecule has 1 N–H and O–H groups in total. The van der Waals surface area contributed by atoms with Gasteiger partial charge in [-0.1, -0.05) is 24.3 Å². The van der Waals surface area contributed by atoms with Crippen LogP contribution in [0, 0.1) is 13.8 Å². The number of aryl methyl sites for hydroxylation is 2. The second-order valence-electron chi connectivity index (χ2n) is 5.20. The summed E-state index contributed by atoms with van der Waals surface area (Å²) in [7, 11) is 0. The van der Waals surface area contributed by atoms with Gasteiger partial charge in [0, 0.05) is 17.1 Å². The Morgan fingerprint density at radius 1 is 1.05 bits per heavy atom. The third-order valence-corrected chi connectivity index (χ3v) is 3.70. The number of nitrogens with zero attached hydrogens (tertiary/aromatic N) is 1. The van der Waals surface area contributed by atoms with Crippen LogP contribution in [0.5, 0.6) is 0 Å². The van der Waals surface area contributed by atoms with Crippen molar-refractivity contribution >= 4 is 16.9 Å². The third-order valence-electron chi connectivity index (χ3n) is 3.70. The summed E-state index contributed by atoms with van der Waals surface area (Å²) < 4.78 is 0. The van der Waals surface area contributed by atoms with E-state index in [1.165, 1.54) is 0 Å². The summed E-state index contributed by atoms with van der Waals surface area (Å²) in [6, 6.07) is 13.6. The number of hydrogen-bond donors (Lipinski definition) is 1. The first kappa shape index (κ1) is 13.3. The number of aromatic nitrogens is 1. The van der Waals surface area contributed by atoms with E-state index in [2.05, 4.69) is 4.98 Å². The highest BCUT2D eigenvalue weighted by Crippen LogP contribution is 2.28. The molecule has 3 nitrogen and oxygen atoms in total. The van der Waals surface area contributed by atoms with Crippen LogP contribution in [0.3, 0.4) is 0 Å². The van der Waals surface area contributed by atoms with Crippen LogP contribution in [-0.2, 0) is 0 Å². The van der Waals surface area contributed by atoms with Crippen LogP contribution in [0.1, 0.15) is 21.5 Å². The fourth-order valence-electron chi connectivity index (χ4n) is 2.61. The Kier molecular flexibility index (Phi) is 3.18. The molecule has 3 aromatic rings. The van der Waals surface area contributed by atoms with Gasteiger partial charge >= 0.3 is 5.97 Å². The van der Waals surface area contributed by atoms with Gasteiger partial charge in [0.25, 0.3) is 0 Å². The lowest BCUT2D eigenvalue weighted by Gasteiger charge is -2.10. The standard InChI is InChI=1S/C18H15NO2/c1-11-7-12(2)16(18(20)21)9-15(11)14-8-13-5-3-4-6-17(13)19-10-14/h3-10H,1-2H3,(H,20,21). The molecule has 0 saturated heterocycles. The van der Waals surface area contributed by atoms with Gasteiger partial charge in [-0.25, -0.2) is 4.79 Å². The molecule has 0 atom stereocenters. The molecule has 3 heteroatoms. The highest BCUT2D eigenvalue weighted by molar-refractivity contribution is 5.92. The predicted molar refractivity (Wildman–Crippen MR) is 83.6 cm³/mol. The summed E-state index contributed by atoms with van der Waals surface area (Å²) >= 11 is 0. The molecule has 1 aromatic heterocycles. The molecular weight excluding hydrogens is 262 g/mol. The van der Waals surface area contributed by atoms with Gasteiger partial charge < -0.3 is 5.11 Å². The molecule has 104 valence electrons. The molecule has 0 aliphatic carbocycles. The molecule has 3 rings (SSSR count). The zero-order chi connectivity index (χ0) is 15.0. The highest BCUT2D eigenvalue weighted by Gasteiger charge is 2.12. The molecule has 0 bridgehead atoms. The summed E-state index contributed by atoms with van der Waals surface area (Å²) in [5, 5.41) is 10.3. The Morgan fingerprint density at radius 2 is 1.81 bits per heavy atom. The SMILES string of the molecule is Cc1cc(C)c(-c2cnc3ccccc3c2)cc1C(=O)O. The van der Waals surface area contributed by atoms with Crippen LogP contribution < -0.4 is 0 Å². The number of carbonyl (C=O) groups is 1. The minimum atomic E-state index is -0.900. The molecule has 0 saturated carbocycles. The van der Waals surface area contributed by atoms with Gasteiger partial charge in [-0.2, -0.15) is 0 Å². The summed E-state index contributed by atoms with van der Waals surface area (Å²) in [5.74, 6) is -0.900. The lowest BCUT2D eigenvalue weighted by atomic mass is 9.95. The quantitative estimate of drug-likeness (QED) is 0.763. The summed E-state index contributed by atoms with van der Waals surface area (Å²) in [6.07, 6.45) is 1.80. The van der Waals surface area contributed by atoms with E-state index >= 15 is 0 Å². The van der Waals surface area contributed by atoms with E-state index in [1.54, 1.807) is 12.3 Å². The Bertz CT molecular complexity index is 853. The van der Waals surface area contributed by atoms with E-state index in [0.29, 0.717) is 5.56 Å². The van der Waals surface area contributed by atoms with Crippen LogP contribution in [0.25, 0.3) is 22.0 Å². The van der Waals surface area contributed by atoms with Crippen LogP contribution in [0.15, 0.2) is 48.7 Å². The maximum absolute atomic E-state index is 11.3. The van der Waals surface area contributed by atoms with Crippen molar-refractivity contribution in [3.05, 3.63) is 65.4 Å². The van der Waals surface area contributed by atoms with Crippen molar-refractivity contribution in [2.75, 3.05) is 0 Å². The third kappa shape index (κ3) is 2.38. The van der Waals surface area contributed by atoms with Crippen molar-refractivity contribution < 1.29 is 9.90 Å². The van der Waals surface area contributed by atoms with Crippen LogP contribution in [-0.4, -0.2) is 16.1 Å². The molecule has 0 unspecified atom stereocenters. The molecule has 1 heterocycles. The monoisotopic (exact) mass is 277 g/mol. The molecule has 21 heavy (non-hydrogen) atoms. The number of benzene rings is 2. The first-order chi connectivity index (χ1) is 10.1. The number of para-hydroxylation sites is 1. The number of carboxylic acids is 1. The maximum Gasteiger partial charge on any atom is 0.335 e. The maximum atomic E-state index is 11.3. The number of carboxylic acid groups (broad SMARTS) is 1. The van der Waals surface area contributed by atoms with Crippen LogP contribution in [0.2, 0.25) is 0 Å². The molecule has 0 amide bonds. The second kappa shape index (κ2) is 5.02. The van der Waals surface area contributed by atoms with Gasteiger partial charge in [-0.15, -0.1) is 0 Å². The molecule has 0 spiro atoms. The van der Waals surface area contributed by atoms with E-state index < -0.39 is 5.97 Å². The molecule has 0 radical (unpaired) electrons. The van der Waals surface area contributed by atoms with Gasteiger partial charge in [-0.05, 0) is 48.7 Å². The zero-order valence-electron chi connectivity index (χ0n) is 11.9. The van der Waals surface area contributed by atoms with E-state index in [-0.39, 0.29) is 0 Å². The minimum Gasteiger partial charge on any atom is -0.478 e. The largest absolute Gasteiger partial charge is 0.478 e. The lowest BCUT2D eigenvalue weighted by Crippen LogP contribution is -2.01. The number of hydrogen-bond acceptors (Lipinski definition) is 2. The van der Waals surface area contributed by atoms with Crippen molar-refractivity contribution in [1.82, 2.24) is 4.98 Å². The van der Waals surface area contributed by atoms with Gasteiger partial charge in [0.05, 0.1) is 11.1 Å². The van der Waals surface area contributed by atoms with Crippen molar-refractivity contribution in [3.8, 4) is 11.1 Å². The summed E-state index contributed by atoms with van der Waals surface area (Å²) in [6.45, 7) is 3.81. The molecule has 2 aromatic carbocycles. The van der Waals surface area contributed by atoms with E-state index in [0.717, 1.165) is 33.2 Å². The van der Waals surface area contributed by atoms with Gasteiger partial charge in [0.2, 0.25) is 0 Å². The Labute approximate surface area is 122 Å². The van der Waals surface area contributed by atoms with Gasteiger partial charge in [-0.3, -0.25) is 4.98 Å². The molecular formula is C18H15NO2. The lowest BCUT2D eigenvalue weighted by molar-refractivity contribution is 0.0696. The zero-order valence-corrected chi connectivity index (χ0v) is 11.9. The molecule has 0 aliphatic rings. The van der Waals surface area contributed by atoms with E-state index in [4.69, 9.17) is 0 Å². The fourth-order valence-corrected chi connectivity index (χ4v) is 2.61. The number of rotatable bonds is 2. The molecule has 0 aliphatic heterocycles. The van der Waals surface area contributed by atoms with E-state index in [9.17, 15) is 9.90 Å². The predicted octanol–water partition coefficient (Wildman–Crippen LogP) is 4.22. The van der Waals surface area contributed by atoms with E-state index in [1.807, 2.05) is 50.2 Å². The average Bonchev–Trinajstić information content (AvgIpc) is 2.46. The average molecular weight is 277 g/mol. The summed E-state index contributed by atoms with van der Waals surface area (Å²) in [4.78, 5) is 15.8. The Morgan fingerprint density at radius 3 is 2.57 bits per heavy atom. The first-order valence-corrected chi connectivity index (χ1v) is 6.76.